The lowest BCUT2D eigenvalue weighted by Gasteiger charge is -2.39. The molecule has 1 aliphatic heterocycles. The summed E-state index contributed by atoms with van der Waals surface area (Å²) in [6.07, 6.45) is 12.1. The van der Waals surface area contributed by atoms with E-state index < -0.39 is 0 Å². The van der Waals surface area contributed by atoms with Crippen molar-refractivity contribution in [3.8, 4) is 0 Å². The molecule has 138 valence electrons. The van der Waals surface area contributed by atoms with Gasteiger partial charge in [0.15, 0.2) is 0 Å². The molecule has 1 aromatic rings. The summed E-state index contributed by atoms with van der Waals surface area (Å²) in [4.78, 5) is 23.1. The molecule has 2 aliphatic rings. The summed E-state index contributed by atoms with van der Waals surface area (Å²) in [5.41, 5.74) is 0.404. The Morgan fingerprint density at radius 3 is 2.96 bits per heavy atom. The molecule has 1 aromatic heterocycles. The van der Waals surface area contributed by atoms with Crippen LogP contribution in [0.4, 0.5) is 0 Å². The van der Waals surface area contributed by atoms with E-state index >= 15 is 0 Å². The van der Waals surface area contributed by atoms with Crippen molar-refractivity contribution in [2.45, 2.75) is 57.6 Å². The maximum absolute atomic E-state index is 12.4. The van der Waals surface area contributed by atoms with Gasteiger partial charge in [0.05, 0.1) is 12.3 Å². The first-order valence-electron chi connectivity index (χ1n) is 9.67. The maximum atomic E-state index is 12.4. The second-order valence-corrected chi connectivity index (χ2v) is 7.19. The van der Waals surface area contributed by atoms with E-state index in [1.54, 1.807) is 12.4 Å². The van der Waals surface area contributed by atoms with Crippen LogP contribution in [0.3, 0.4) is 0 Å². The highest BCUT2D eigenvalue weighted by atomic mass is 16.5. The van der Waals surface area contributed by atoms with E-state index in [4.69, 9.17) is 4.74 Å². The number of piperidine rings is 1. The minimum absolute atomic E-state index is 0.101. The van der Waals surface area contributed by atoms with Gasteiger partial charge in [0.2, 0.25) is 0 Å². The molecule has 1 saturated carbocycles. The molecular formula is C19H30N4O2. The van der Waals surface area contributed by atoms with Gasteiger partial charge in [-0.05, 0) is 45.1 Å². The Kier molecular flexibility index (Phi) is 6.76. The largest absolute Gasteiger partial charge is 0.377 e. The van der Waals surface area contributed by atoms with Crippen LogP contribution in [0.1, 0.15) is 55.9 Å². The third-order valence-corrected chi connectivity index (χ3v) is 5.38. The van der Waals surface area contributed by atoms with Crippen molar-refractivity contribution in [3.05, 3.63) is 24.3 Å². The Morgan fingerprint density at radius 1 is 1.28 bits per heavy atom. The minimum atomic E-state index is -0.101. The van der Waals surface area contributed by atoms with Crippen LogP contribution in [-0.4, -0.2) is 59.2 Å². The third-order valence-electron chi connectivity index (χ3n) is 5.38. The smallest absolute Gasteiger partial charge is 0.271 e. The Balaban J connectivity index is 1.56. The first-order valence-corrected chi connectivity index (χ1v) is 9.67. The summed E-state index contributed by atoms with van der Waals surface area (Å²) in [7, 11) is 0. The van der Waals surface area contributed by atoms with E-state index in [0.717, 1.165) is 32.7 Å². The average Bonchev–Trinajstić information content (AvgIpc) is 2.65. The first kappa shape index (κ1) is 18.3. The fourth-order valence-corrected chi connectivity index (χ4v) is 4.16. The number of aromatic nitrogens is 2. The zero-order valence-electron chi connectivity index (χ0n) is 15.2. The molecule has 1 amide bonds. The van der Waals surface area contributed by atoms with E-state index in [1.807, 2.05) is 0 Å². The van der Waals surface area contributed by atoms with Gasteiger partial charge >= 0.3 is 0 Å². The number of nitrogens with zero attached hydrogens (tertiary/aromatic N) is 3. The monoisotopic (exact) mass is 346 g/mol. The number of carbonyl (C=O) groups excluding carboxylic acids is 1. The Bertz CT molecular complexity index is 537. The SMILES string of the molecule is CCO[C@@H]1CCCN(CC2CCCCC2NC(=O)c2cnccn2)C1. The van der Waals surface area contributed by atoms with Gasteiger partial charge in [-0.25, -0.2) is 4.98 Å². The lowest BCUT2D eigenvalue weighted by atomic mass is 9.83. The molecule has 25 heavy (non-hydrogen) atoms. The summed E-state index contributed by atoms with van der Waals surface area (Å²) in [5, 5.41) is 3.21. The summed E-state index contributed by atoms with van der Waals surface area (Å²) in [6, 6.07) is 0.232. The van der Waals surface area contributed by atoms with Crippen LogP contribution in [0.5, 0.6) is 0 Å². The average molecular weight is 346 g/mol. The second-order valence-electron chi connectivity index (χ2n) is 7.19. The van der Waals surface area contributed by atoms with Crippen LogP contribution in [0, 0.1) is 5.92 Å². The lowest BCUT2D eigenvalue weighted by Crippen LogP contribution is -2.49. The van der Waals surface area contributed by atoms with Crippen LogP contribution in [-0.2, 0) is 4.74 Å². The van der Waals surface area contributed by atoms with Gasteiger partial charge in [0.1, 0.15) is 5.69 Å². The Morgan fingerprint density at radius 2 is 2.16 bits per heavy atom. The van der Waals surface area contributed by atoms with Crippen LogP contribution in [0.15, 0.2) is 18.6 Å². The molecular weight excluding hydrogens is 316 g/mol. The van der Waals surface area contributed by atoms with E-state index in [1.165, 1.54) is 38.3 Å². The number of amides is 1. The number of hydrogen-bond acceptors (Lipinski definition) is 5. The molecule has 1 saturated heterocycles. The van der Waals surface area contributed by atoms with Gasteiger partial charge < -0.3 is 15.0 Å². The maximum Gasteiger partial charge on any atom is 0.271 e. The molecule has 0 aromatic carbocycles. The molecule has 2 fully saturated rings. The van der Waals surface area contributed by atoms with Crippen molar-refractivity contribution in [2.75, 3.05) is 26.2 Å². The minimum Gasteiger partial charge on any atom is -0.377 e. The molecule has 0 spiro atoms. The molecule has 0 bridgehead atoms. The highest BCUT2D eigenvalue weighted by Gasteiger charge is 2.30. The highest BCUT2D eigenvalue weighted by Crippen LogP contribution is 2.27. The predicted octanol–water partition coefficient (Wildman–Crippen LogP) is 2.27. The van der Waals surface area contributed by atoms with Crippen molar-refractivity contribution < 1.29 is 9.53 Å². The van der Waals surface area contributed by atoms with Crippen molar-refractivity contribution in [3.63, 3.8) is 0 Å². The normalized spacial score (nSPS) is 27.8. The van der Waals surface area contributed by atoms with Gasteiger partial charge in [0.25, 0.3) is 5.91 Å². The molecule has 1 N–H and O–H groups in total. The summed E-state index contributed by atoms with van der Waals surface area (Å²) < 4.78 is 5.82. The predicted molar refractivity (Wildman–Crippen MR) is 96.3 cm³/mol. The second kappa shape index (κ2) is 9.25. The van der Waals surface area contributed by atoms with Gasteiger partial charge in [-0.2, -0.15) is 0 Å². The van der Waals surface area contributed by atoms with Crippen LogP contribution >= 0.6 is 0 Å². The zero-order chi connectivity index (χ0) is 17.5. The third kappa shape index (κ3) is 5.22. The topological polar surface area (TPSA) is 67.3 Å². The van der Waals surface area contributed by atoms with E-state index in [0.29, 0.717) is 17.7 Å². The fraction of sp³-hybridized carbons (Fsp3) is 0.737. The first-order chi connectivity index (χ1) is 12.3. The number of hydrogen-bond donors (Lipinski definition) is 1. The lowest BCUT2D eigenvalue weighted by molar-refractivity contribution is -0.00151. The van der Waals surface area contributed by atoms with Crippen LogP contribution < -0.4 is 5.32 Å². The van der Waals surface area contributed by atoms with Crippen molar-refractivity contribution in [2.24, 2.45) is 5.92 Å². The summed E-state index contributed by atoms with van der Waals surface area (Å²) in [6.45, 7) is 6.08. The number of carbonyl (C=O) groups is 1. The molecule has 2 heterocycles. The van der Waals surface area contributed by atoms with Crippen molar-refractivity contribution in [1.82, 2.24) is 20.2 Å². The Labute approximate surface area is 150 Å². The quantitative estimate of drug-likeness (QED) is 0.856. The van der Waals surface area contributed by atoms with Gasteiger partial charge in [-0.1, -0.05) is 12.8 Å². The van der Waals surface area contributed by atoms with Gasteiger partial charge in [0, 0.05) is 38.1 Å². The molecule has 3 atom stereocenters. The molecule has 3 rings (SSSR count). The zero-order valence-corrected chi connectivity index (χ0v) is 15.2. The van der Waals surface area contributed by atoms with Crippen LogP contribution in [0.25, 0.3) is 0 Å². The van der Waals surface area contributed by atoms with Crippen molar-refractivity contribution in [1.29, 1.82) is 0 Å². The van der Waals surface area contributed by atoms with E-state index in [2.05, 4.69) is 27.1 Å². The number of nitrogens with one attached hydrogen (secondary N) is 1. The highest BCUT2D eigenvalue weighted by molar-refractivity contribution is 5.92. The molecule has 2 unspecified atom stereocenters. The van der Waals surface area contributed by atoms with Gasteiger partial charge in [-0.15, -0.1) is 0 Å². The summed E-state index contributed by atoms with van der Waals surface area (Å²) >= 11 is 0. The molecule has 6 heteroatoms. The van der Waals surface area contributed by atoms with Crippen LogP contribution in [0.2, 0.25) is 0 Å². The fourth-order valence-electron chi connectivity index (χ4n) is 4.16. The van der Waals surface area contributed by atoms with E-state index in [9.17, 15) is 4.79 Å². The molecule has 1 aliphatic carbocycles. The summed E-state index contributed by atoms with van der Waals surface area (Å²) in [5.74, 6) is 0.408. The van der Waals surface area contributed by atoms with Crippen molar-refractivity contribution >= 4 is 5.91 Å². The van der Waals surface area contributed by atoms with Gasteiger partial charge in [-0.3, -0.25) is 9.78 Å². The number of likely N-dealkylation sites (tertiary alicyclic amines) is 1. The molecule has 6 nitrogen and oxygen atoms in total. The number of rotatable bonds is 6. The van der Waals surface area contributed by atoms with E-state index in [-0.39, 0.29) is 11.9 Å². The Hall–Kier alpha value is -1.53. The number of ether oxygens (including phenoxy) is 1. The standard InChI is InChI=1S/C19H30N4O2/c1-2-25-16-7-5-11-23(14-16)13-15-6-3-4-8-17(15)22-19(24)18-12-20-9-10-21-18/h9-10,12,15-17H,2-8,11,13-14H2,1H3,(H,22,24)/t15?,16-,17?/m1/s1. The molecule has 0 radical (unpaired) electrons.